The summed E-state index contributed by atoms with van der Waals surface area (Å²) < 4.78 is 5.44. The summed E-state index contributed by atoms with van der Waals surface area (Å²) in [7, 11) is 0. The molecule has 0 aromatic heterocycles. The van der Waals surface area contributed by atoms with Crippen LogP contribution in [0.25, 0.3) is 0 Å². The first-order valence-corrected chi connectivity index (χ1v) is 6.08. The molecular formula is C13H19NO5. The highest BCUT2D eigenvalue weighted by atomic mass is 16.5. The Bertz CT molecular complexity index is 390. The van der Waals surface area contributed by atoms with Crippen LogP contribution in [0.2, 0.25) is 0 Å². The molecule has 0 heterocycles. The SMILES string of the molecule is O=C(O)c1ccccc1OCCN(CCO)CCO. The number of para-hydroxylation sites is 1. The van der Waals surface area contributed by atoms with Crippen molar-refractivity contribution in [1.82, 2.24) is 4.90 Å². The number of nitrogens with zero attached hydrogens (tertiary/aromatic N) is 1. The van der Waals surface area contributed by atoms with Crippen LogP contribution in [0, 0.1) is 0 Å². The van der Waals surface area contributed by atoms with Crippen LogP contribution in [0.15, 0.2) is 24.3 Å². The van der Waals surface area contributed by atoms with E-state index in [2.05, 4.69) is 0 Å². The van der Waals surface area contributed by atoms with Crippen molar-refractivity contribution < 1.29 is 24.9 Å². The van der Waals surface area contributed by atoms with Crippen molar-refractivity contribution in [2.45, 2.75) is 0 Å². The van der Waals surface area contributed by atoms with Gasteiger partial charge in [0.1, 0.15) is 17.9 Å². The number of aliphatic hydroxyl groups is 2. The van der Waals surface area contributed by atoms with Gasteiger partial charge in [-0.3, -0.25) is 4.90 Å². The lowest BCUT2D eigenvalue weighted by atomic mass is 10.2. The molecule has 0 aliphatic rings. The number of carboxylic acids is 1. The minimum atomic E-state index is -1.03. The molecule has 0 saturated heterocycles. The number of benzene rings is 1. The van der Waals surface area contributed by atoms with Crippen molar-refractivity contribution in [1.29, 1.82) is 0 Å². The molecule has 0 spiro atoms. The molecule has 0 radical (unpaired) electrons. The molecule has 1 aromatic rings. The molecule has 0 aliphatic heterocycles. The summed E-state index contributed by atoms with van der Waals surface area (Å²) >= 11 is 0. The molecule has 1 aromatic carbocycles. The number of carboxylic acid groups (broad SMARTS) is 1. The second-order valence-corrected chi connectivity index (χ2v) is 3.94. The number of rotatable bonds is 9. The molecule has 0 unspecified atom stereocenters. The third-order valence-corrected chi connectivity index (χ3v) is 2.62. The van der Waals surface area contributed by atoms with E-state index in [0.29, 0.717) is 32.0 Å². The fourth-order valence-corrected chi connectivity index (χ4v) is 1.67. The Kier molecular flexibility index (Phi) is 6.88. The monoisotopic (exact) mass is 269 g/mol. The van der Waals surface area contributed by atoms with Crippen LogP contribution in [-0.2, 0) is 0 Å². The lowest BCUT2D eigenvalue weighted by molar-refractivity contribution is 0.0691. The van der Waals surface area contributed by atoms with Crippen LogP contribution in [0.3, 0.4) is 0 Å². The first kappa shape index (κ1) is 15.4. The van der Waals surface area contributed by atoms with Crippen molar-refractivity contribution >= 4 is 5.97 Å². The zero-order chi connectivity index (χ0) is 14.1. The fourth-order valence-electron chi connectivity index (χ4n) is 1.67. The summed E-state index contributed by atoms with van der Waals surface area (Å²) in [5.41, 5.74) is 0.123. The normalized spacial score (nSPS) is 10.7. The van der Waals surface area contributed by atoms with Gasteiger partial charge in [-0.15, -0.1) is 0 Å². The van der Waals surface area contributed by atoms with Gasteiger partial charge in [0.05, 0.1) is 13.2 Å². The third-order valence-electron chi connectivity index (χ3n) is 2.62. The standard InChI is InChI=1S/C13H19NO5/c15-8-5-14(6-9-16)7-10-19-12-4-2-1-3-11(12)13(17)18/h1-4,15-16H,5-10H2,(H,17,18). The lowest BCUT2D eigenvalue weighted by Crippen LogP contribution is -2.33. The van der Waals surface area contributed by atoms with Gasteiger partial charge in [0.25, 0.3) is 0 Å². The molecule has 0 bridgehead atoms. The van der Waals surface area contributed by atoms with Crippen LogP contribution < -0.4 is 4.74 Å². The molecule has 3 N–H and O–H groups in total. The van der Waals surface area contributed by atoms with Crippen LogP contribution in [0.5, 0.6) is 5.75 Å². The highest BCUT2D eigenvalue weighted by molar-refractivity contribution is 5.90. The second kappa shape index (κ2) is 8.47. The van der Waals surface area contributed by atoms with E-state index in [-0.39, 0.29) is 18.8 Å². The highest BCUT2D eigenvalue weighted by Gasteiger charge is 2.10. The van der Waals surface area contributed by atoms with Crippen LogP contribution in [0.1, 0.15) is 10.4 Å². The first-order valence-electron chi connectivity index (χ1n) is 6.08. The summed E-state index contributed by atoms with van der Waals surface area (Å²) in [4.78, 5) is 12.8. The van der Waals surface area contributed by atoms with E-state index in [9.17, 15) is 4.79 Å². The summed E-state index contributed by atoms with van der Waals surface area (Å²) in [5, 5.41) is 26.7. The summed E-state index contributed by atoms with van der Waals surface area (Å²) in [6, 6.07) is 6.43. The molecule has 1 rings (SSSR count). The van der Waals surface area contributed by atoms with Crippen molar-refractivity contribution in [3.05, 3.63) is 29.8 Å². The zero-order valence-corrected chi connectivity index (χ0v) is 10.7. The molecule has 0 amide bonds. The molecule has 0 fully saturated rings. The van der Waals surface area contributed by atoms with Gasteiger partial charge in [-0.25, -0.2) is 4.79 Å². The smallest absolute Gasteiger partial charge is 0.339 e. The number of ether oxygens (including phenoxy) is 1. The lowest BCUT2D eigenvalue weighted by Gasteiger charge is -2.20. The maximum absolute atomic E-state index is 11.0. The van der Waals surface area contributed by atoms with Gasteiger partial charge < -0.3 is 20.1 Å². The maximum atomic E-state index is 11.0. The van der Waals surface area contributed by atoms with Gasteiger partial charge in [0.2, 0.25) is 0 Å². The van der Waals surface area contributed by atoms with Gasteiger partial charge in [-0.2, -0.15) is 0 Å². The molecule has 0 atom stereocenters. The van der Waals surface area contributed by atoms with E-state index in [4.69, 9.17) is 20.1 Å². The van der Waals surface area contributed by atoms with Gasteiger partial charge in [0.15, 0.2) is 0 Å². The van der Waals surface area contributed by atoms with E-state index in [0.717, 1.165) is 0 Å². The quantitative estimate of drug-likeness (QED) is 0.587. The minimum Gasteiger partial charge on any atom is -0.491 e. The molecule has 6 nitrogen and oxygen atoms in total. The number of aromatic carboxylic acids is 1. The van der Waals surface area contributed by atoms with Crippen LogP contribution in [0.4, 0.5) is 0 Å². The predicted octanol–water partition coefficient (Wildman–Crippen LogP) is 0.0502. The largest absolute Gasteiger partial charge is 0.491 e. The van der Waals surface area contributed by atoms with E-state index in [1.165, 1.54) is 6.07 Å². The molecule has 0 saturated carbocycles. The van der Waals surface area contributed by atoms with Crippen molar-refractivity contribution in [2.24, 2.45) is 0 Å². The predicted molar refractivity (Wildman–Crippen MR) is 69.5 cm³/mol. The fraction of sp³-hybridized carbons (Fsp3) is 0.462. The Labute approximate surface area is 111 Å². The Morgan fingerprint density at radius 1 is 1.11 bits per heavy atom. The molecule has 0 aliphatic carbocycles. The van der Waals surface area contributed by atoms with Gasteiger partial charge in [0, 0.05) is 19.6 Å². The minimum absolute atomic E-state index is 0.00567. The maximum Gasteiger partial charge on any atom is 0.339 e. The Hall–Kier alpha value is -1.63. The summed E-state index contributed by atoms with van der Waals surface area (Å²) in [5.74, 6) is -0.707. The number of carbonyl (C=O) groups is 1. The van der Waals surface area contributed by atoms with Crippen molar-refractivity contribution in [3.63, 3.8) is 0 Å². The third kappa shape index (κ3) is 5.25. The Morgan fingerprint density at radius 3 is 2.32 bits per heavy atom. The van der Waals surface area contributed by atoms with E-state index in [1.807, 2.05) is 4.90 Å². The van der Waals surface area contributed by atoms with Crippen molar-refractivity contribution in [2.75, 3.05) is 39.5 Å². The number of aliphatic hydroxyl groups excluding tert-OH is 2. The van der Waals surface area contributed by atoms with Gasteiger partial charge in [-0.1, -0.05) is 12.1 Å². The van der Waals surface area contributed by atoms with E-state index in [1.54, 1.807) is 18.2 Å². The average molecular weight is 269 g/mol. The zero-order valence-electron chi connectivity index (χ0n) is 10.7. The van der Waals surface area contributed by atoms with Gasteiger partial charge in [-0.05, 0) is 12.1 Å². The average Bonchev–Trinajstić information content (AvgIpc) is 2.39. The first-order chi connectivity index (χ1) is 9.19. The van der Waals surface area contributed by atoms with E-state index >= 15 is 0 Å². The van der Waals surface area contributed by atoms with Crippen molar-refractivity contribution in [3.8, 4) is 5.75 Å². The number of hydrogen-bond acceptors (Lipinski definition) is 5. The molecule has 6 heteroatoms. The molecule has 106 valence electrons. The summed E-state index contributed by atoms with van der Waals surface area (Å²) in [6.07, 6.45) is 0. The van der Waals surface area contributed by atoms with E-state index < -0.39 is 5.97 Å². The topological polar surface area (TPSA) is 90.2 Å². The number of hydrogen-bond donors (Lipinski definition) is 3. The second-order valence-electron chi connectivity index (χ2n) is 3.94. The van der Waals surface area contributed by atoms with Crippen LogP contribution in [-0.4, -0.2) is 65.6 Å². The molecular weight excluding hydrogens is 250 g/mol. The summed E-state index contributed by atoms with van der Waals surface area (Å²) in [6.45, 7) is 1.71. The Balaban J connectivity index is 2.50. The van der Waals surface area contributed by atoms with Crippen LogP contribution >= 0.6 is 0 Å². The highest BCUT2D eigenvalue weighted by Crippen LogP contribution is 2.17. The van der Waals surface area contributed by atoms with Gasteiger partial charge >= 0.3 is 5.97 Å². The molecule has 19 heavy (non-hydrogen) atoms. The Morgan fingerprint density at radius 2 is 1.74 bits per heavy atom.